The van der Waals surface area contributed by atoms with Gasteiger partial charge in [0.15, 0.2) is 0 Å². The number of nitrogens with one attached hydrogen (secondary N) is 1. The third-order valence-electron chi connectivity index (χ3n) is 3.11. The van der Waals surface area contributed by atoms with E-state index in [2.05, 4.69) is 21.4 Å². The van der Waals surface area contributed by atoms with Crippen molar-refractivity contribution in [2.45, 2.75) is 6.42 Å². The number of hydrogen-bond acceptors (Lipinski definition) is 3. The minimum absolute atomic E-state index is 0.776. The average Bonchev–Trinajstić information content (AvgIpc) is 2.48. The van der Waals surface area contributed by atoms with Gasteiger partial charge in [-0.15, -0.1) is 0 Å². The molecular weight excluding hydrogens is 270 g/mol. The van der Waals surface area contributed by atoms with E-state index in [0.717, 1.165) is 34.7 Å². The zero-order valence-electron chi connectivity index (χ0n) is 10.9. The Bertz CT molecular complexity index is 722. The number of benzene rings is 1. The summed E-state index contributed by atoms with van der Waals surface area (Å²) in [5.41, 5.74) is 4.04. The second kappa shape index (κ2) is 5.88. The lowest BCUT2D eigenvalue weighted by Crippen LogP contribution is -2.05. The van der Waals surface area contributed by atoms with Crippen LogP contribution in [0.1, 0.15) is 5.56 Å². The summed E-state index contributed by atoms with van der Waals surface area (Å²) in [4.78, 5) is 8.67. The highest BCUT2D eigenvalue weighted by molar-refractivity contribution is 6.30. The fraction of sp³-hybridized carbons (Fsp3) is 0.125. The van der Waals surface area contributed by atoms with Gasteiger partial charge in [-0.05, 0) is 42.3 Å². The van der Waals surface area contributed by atoms with Crippen molar-refractivity contribution in [2.75, 3.05) is 11.9 Å². The van der Waals surface area contributed by atoms with Crippen LogP contribution in [-0.4, -0.2) is 16.5 Å². The highest BCUT2D eigenvalue weighted by atomic mass is 35.5. The van der Waals surface area contributed by atoms with Gasteiger partial charge in [0.2, 0.25) is 0 Å². The van der Waals surface area contributed by atoms with E-state index >= 15 is 0 Å². The van der Waals surface area contributed by atoms with Gasteiger partial charge in [0.1, 0.15) is 5.52 Å². The van der Waals surface area contributed by atoms with Crippen LogP contribution in [-0.2, 0) is 6.42 Å². The Kier molecular flexibility index (Phi) is 3.79. The lowest BCUT2D eigenvalue weighted by molar-refractivity contribution is 1.02. The molecule has 2 aromatic heterocycles. The molecule has 20 heavy (non-hydrogen) atoms. The van der Waals surface area contributed by atoms with Crippen molar-refractivity contribution in [2.24, 2.45) is 0 Å². The van der Waals surface area contributed by atoms with Gasteiger partial charge >= 0.3 is 0 Å². The highest BCUT2D eigenvalue weighted by Crippen LogP contribution is 2.18. The first-order valence-electron chi connectivity index (χ1n) is 6.51. The highest BCUT2D eigenvalue weighted by Gasteiger charge is 2.02. The van der Waals surface area contributed by atoms with Gasteiger partial charge in [-0.3, -0.25) is 9.97 Å². The van der Waals surface area contributed by atoms with Crippen LogP contribution in [0.5, 0.6) is 0 Å². The average molecular weight is 284 g/mol. The van der Waals surface area contributed by atoms with E-state index in [0.29, 0.717) is 0 Å². The monoisotopic (exact) mass is 283 g/mol. The number of rotatable bonds is 4. The maximum atomic E-state index is 5.98. The topological polar surface area (TPSA) is 37.8 Å². The Morgan fingerprint density at radius 1 is 1.00 bits per heavy atom. The van der Waals surface area contributed by atoms with Gasteiger partial charge in [0, 0.05) is 24.0 Å². The smallest absolute Gasteiger partial charge is 0.112 e. The van der Waals surface area contributed by atoms with Crippen LogP contribution < -0.4 is 5.32 Å². The molecular formula is C16H14ClN3. The largest absolute Gasteiger partial charge is 0.383 e. The third-order valence-corrected chi connectivity index (χ3v) is 3.35. The second-order valence-corrected chi connectivity index (χ2v) is 4.97. The van der Waals surface area contributed by atoms with Crippen molar-refractivity contribution in [3.8, 4) is 0 Å². The summed E-state index contributed by atoms with van der Waals surface area (Å²) in [7, 11) is 0. The van der Waals surface area contributed by atoms with Crippen LogP contribution in [0.3, 0.4) is 0 Å². The lowest BCUT2D eigenvalue weighted by Gasteiger charge is -2.08. The van der Waals surface area contributed by atoms with E-state index in [1.54, 1.807) is 12.4 Å². The van der Waals surface area contributed by atoms with Crippen LogP contribution in [0, 0.1) is 0 Å². The fourth-order valence-corrected chi connectivity index (χ4v) is 2.37. The molecule has 0 spiro atoms. The van der Waals surface area contributed by atoms with Crippen molar-refractivity contribution in [1.29, 1.82) is 0 Å². The molecule has 0 radical (unpaired) electrons. The molecule has 0 saturated heterocycles. The normalized spacial score (nSPS) is 10.7. The van der Waals surface area contributed by atoms with Crippen LogP contribution in [0.15, 0.2) is 54.9 Å². The van der Waals surface area contributed by atoms with Crippen LogP contribution >= 0.6 is 11.6 Å². The first kappa shape index (κ1) is 12.9. The zero-order chi connectivity index (χ0) is 13.8. The SMILES string of the molecule is Clc1cccc(CCNc2ccnc3cccnc23)c1. The van der Waals surface area contributed by atoms with Crippen molar-refractivity contribution in [1.82, 2.24) is 9.97 Å². The molecule has 0 aliphatic heterocycles. The molecule has 3 nitrogen and oxygen atoms in total. The van der Waals surface area contributed by atoms with Crippen LogP contribution in [0.4, 0.5) is 5.69 Å². The van der Waals surface area contributed by atoms with Crippen molar-refractivity contribution in [3.05, 3.63) is 65.4 Å². The van der Waals surface area contributed by atoms with E-state index in [-0.39, 0.29) is 0 Å². The summed E-state index contributed by atoms with van der Waals surface area (Å²) in [5, 5.41) is 4.19. The Morgan fingerprint density at radius 2 is 1.95 bits per heavy atom. The maximum Gasteiger partial charge on any atom is 0.112 e. The van der Waals surface area contributed by atoms with Gasteiger partial charge < -0.3 is 5.32 Å². The summed E-state index contributed by atoms with van der Waals surface area (Å²) in [6, 6.07) is 13.7. The molecule has 0 fully saturated rings. The summed E-state index contributed by atoms with van der Waals surface area (Å²) in [6.45, 7) is 0.829. The Hall–Kier alpha value is -2.13. The number of halogens is 1. The number of nitrogens with zero attached hydrogens (tertiary/aromatic N) is 2. The minimum atomic E-state index is 0.776. The third kappa shape index (κ3) is 2.89. The van der Waals surface area contributed by atoms with Crippen LogP contribution in [0.2, 0.25) is 5.02 Å². The number of anilines is 1. The number of hydrogen-bond donors (Lipinski definition) is 1. The van der Waals surface area contributed by atoms with Gasteiger partial charge in [-0.2, -0.15) is 0 Å². The quantitative estimate of drug-likeness (QED) is 0.788. The molecule has 0 amide bonds. The molecule has 3 rings (SSSR count). The summed E-state index contributed by atoms with van der Waals surface area (Å²) in [6.07, 6.45) is 4.50. The van der Waals surface area contributed by atoms with Crippen LogP contribution in [0.25, 0.3) is 11.0 Å². The Labute approximate surface area is 122 Å². The van der Waals surface area contributed by atoms with Crippen molar-refractivity contribution < 1.29 is 0 Å². The molecule has 0 bridgehead atoms. The van der Waals surface area contributed by atoms with E-state index in [9.17, 15) is 0 Å². The molecule has 4 heteroatoms. The predicted molar refractivity (Wildman–Crippen MR) is 83.2 cm³/mol. The standard InChI is InChI=1S/C16H14ClN3/c17-13-4-1-3-12(11-13)6-9-18-15-7-10-19-14-5-2-8-20-16(14)15/h1-5,7-8,10-11H,6,9H2,(H,18,19). The predicted octanol–water partition coefficient (Wildman–Crippen LogP) is 3.94. The van der Waals surface area contributed by atoms with E-state index in [1.165, 1.54) is 5.56 Å². The fourth-order valence-electron chi connectivity index (χ4n) is 2.16. The van der Waals surface area contributed by atoms with E-state index < -0.39 is 0 Å². The molecule has 100 valence electrons. The Balaban J connectivity index is 1.71. The first-order chi connectivity index (χ1) is 9.83. The molecule has 1 aromatic carbocycles. The summed E-state index contributed by atoms with van der Waals surface area (Å²) >= 11 is 5.98. The van der Waals surface area contributed by atoms with Gasteiger partial charge in [0.05, 0.1) is 11.2 Å². The molecule has 0 unspecified atom stereocenters. The number of pyridine rings is 2. The lowest BCUT2D eigenvalue weighted by atomic mass is 10.1. The Morgan fingerprint density at radius 3 is 2.85 bits per heavy atom. The second-order valence-electron chi connectivity index (χ2n) is 4.54. The molecule has 0 saturated carbocycles. The van der Waals surface area contributed by atoms with Gasteiger partial charge in [-0.1, -0.05) is 23.7 Å². The van der Waals surface area contributed by atoms with Crippen molar-refractivity contribution in [3.63, 3.8) is 0 Å². The molecule has 0 aliphatic rings. The molecule has 3 aromatic rings. The van der Waals surface area contributed by atoms with E-state index in [4.69, 9.17) is 11.6 Å². The number of aromatic nitrogens is 2. The summed E-state index contributed by atoms with van der Waals surface area (Å²) in [5.74, 6) is 0. The minimum Gasteiger partial charge on any atom is -0.383 e. The summed E-state index contributed by atoms with van der Waals surface area (Å²) < 4.78 is 0. The molecule has 0 aliphatic carbocycles. The first-order valence-corrected chi connectivity index (χ1v) is 6.89. The van der Waals surface area contributed by atoms with Crippen molar-refractivity contribution >= 4 is 28.3 Å². The molecule has 1 N–H and O–H groups in total. The van der Waals surface area contributed by atoms with Gasteiger partial charge in [-0.25, -0.2) is 0 Å². The van der Waals surface area contributed by atoms with Gasteiger partial charge in [0.25, 0.3) is 0 Å². The molecule has 2 heterocycles. The maximum absolute atomic E-state index is 5.98. The van der Waals surface area contributed by atoms with E-state index in [1.807, 2.05) is 36.4 Å². The number of fused-ring (bicyclic) bond motifs is 1. The molecule has 0 atom stereocenters. The zero-order valence-corrected chi connectivity index (χ0v) is 11.6.